The Morgan fingerprint density at radius 3 is 2.63 bits per heavy atom. The van der Waals surface area contributed by atoms with Crippen LogP contribution in [0.2, 0.25) is 0 Å². The van der Waals surface area contributed by atoms with E-state index in [1.807, 2.05) is 17.9 Å². The van der Waals surface area contributed by atoms with Crippen LogP contribution < -0.4 is 5.73 Å². The van der Waals surface area contributed by atoms with E-state index in [0.717, 1.165) is 25.9 Å². The molecule has 1 atom stereocenters. The number of likely N-dealkylation sites (tertiary alicyclic amines) is 1. The largest absolute Gasteiger partial charge is 0.343 e. The Balaban J connectivity index is 0.00000162. The van der Waals surface area contributed by atoms with Crippen molar-refractivity contribution in [1.29, 1.82) is 0 Å². The number of H-pyrrole nitrogens is 1. The molecular formula is C12H22Cl2N4O. The third kappa shape index (κ3) is 5.01. The maximum Gasteiger partial charge on any atom is 0.224 e. The van der Waals surface area contributed by atoms with Crippen molar-refractivity contribution in [3.63, 3.8) is 0 Å². The second-order valence-corrected chi connectivity index (χ2v) is 4.85. The fraction of sp³-hybridized carbons (Fsp3) is 0.667. The summed E-state index contributed by atoms with van der Waals surface area (Å²) < 4.78 is 0. The molecule has 2 heterocycles. The van der Waals surface area contributed by atoms with Gasteiger partial charge in [-0.15, -0.1) is 24.8 Å². The van der Waals surface area contributed by atoms with Crippen molar-refractivity contribution in [2.75, 3.05) is 13.1 Å². The molecule has 1 unspecified atom stereocenters. The predicted octanol–water partition coefficient (Wildman–Crippen LogP) is 1.70. The van der Waals surface area contributed by atoms with Crippen molar-refractivity contribution in [3.8, 4) is 0 Å². The zero-order chi connectivity index (χ0) is 12.3. The number of nitrogens with zero attached hydrogens (tertiary/aromatic N) is 2. The van der Waals surface area contributed by atoms with E-state index in [9.17, 15) is 4.79 Å². The topological polar surface area (TPSA) is 75.0 Å². The molecule has 2 rings (SSSR count). The molecule has 1 aliphatic rings. The molecule has 0 aromatic carbocycles. The van der Waals surface area contributed by atoms with Crippen LogP contribution >= 0.6 is 24.8 Å². The molecule has 1 fully saturated rings. The number of halogens is 2. The van der Waals surface area contributed by atoms with Gasteiger partial charge >= 0.3 is 0 Å². The van der Waals surface area contributed by atoms with Crippen molar-refractivity contribution in [2.24, 2.45) is 5.73 Å². The van der Waals surface area contributed by atoms with Gasteiger partial charge in [0.1, 0.15) is 0 Å². The van der Waals surface area contributed by atoms with Gasteiger partial charge in [0, 0.05) is 43.4 Å². The lowest BCUT2D eigenvalue weighted by molar-refractivity contribution is -0.132. The van der Waals surface area contributed by atoms with E-state index in [2.05, 4.69) is 10.2 Å². The van der Waals surface area contributed by atoms with Crippen LogP contribution in [0.15, 0.2) is 12.3 Å². The fourth-order valence-corrected chi connectivity index (χ4v) is 2.34. The minimum atomic E-state index is -0.0483. The molecular weight excluding hydrogens is 287 g/mol. The summed E-state index contributed by atoms with van der Waals surface area (Å²) in [6.45, 7) is 3.53. The van der Waals surface area contributed by atoms with E-state index in [4.69, 9.17) is 5.73 Å². The number of hydrogen-bond donors (Lipinski definition) is 2. The number of hydrogen-bond acceptors (Lipinski definition) is 3. The Labute approximate surface area is 126 Å². The molecule has 0 aliphatic carbocycles. The normalized spacial score (nSPS) is 17.3. The Hall–Kier alpha value is -0.780. The van der Waals surface area contributed by atoms with Crippen LogP contribution in [0.4, 0.5) is 0 Å². The second kappa shape index (κ2) is 8.40. The van der Waals surface area contributed by atoms with Gasteiger partial charge in [-0.25, -0.2) is 0 Å². The number of carbonyl (C=O) groups excluding carboxylic acids is 1. The number of amides is 1. The summed E-state index contributed by atoms with van der Waals surface area (Å²) in [5.41, 5.74) is 6.83. The third-order valence-electron chi connectivity index (χ3n) is 3.31. The maximum atomic E-state index is 11.8. The van der Waals surface area contributed by atoms with Crippen LogP contribution in [0.25, 0.3) is 0 Å². The monoisotopic (exact) mass is 308 g/mol. The fourth-order valence-electron chi connectivity index (χ4n) is 2.34. The molecule has 0 spiro atoms. The van der Waals surface area contributed by atoms with Crippen LogP contribution in [0.1, 0.15) is 37.8 Å². The standard InChI is InChI=1S/C12H20N4O.2ClH/c1-9(13)8-12(17)16-6-3-10(4-7-16)11-2-5-14-15-11;;/h2,5,9-10H,3-4,6-8,13H2,1H3,(H,14,15);2*1H. The van der Waals surface area contributed by atoms with Crippen LogP contribution in [0.3, 0.4) is 0 Å². The van der Waals surface area contributed by atoms with E-state index in [-0.39, 0.29) is 36.8 Å². The molecule has 0 radical (unpaired) electrons. The van der Waals surface area contributed by atoms with Gasteiger partial charge in [0.2, 0.25) is 5.91 Å². The molecule has 0 bridgehead atoms. The number of carbonyl (C=O) groups is 1. The van der Waals surface area contributed by atoms with Crippen molar-refractivity contribution < 1.29 is 4.79 Å². The minimum Gasteiger partial charge on any atom is -0.343 e. The number of rotatable bonds is 3. The number of aromatic amines is 1. The number of nitrogens with two attached hydrogens (primary N) is 1. The predicted molar refractivity (Wildman–Crippen MR) is 79.9 cm³/mol. The highest BCUT2D eigenvalue weighted by Crippen LogP contribution is 2.26. The van der Waals surface area contributed by atoms with Gasteiger partial charge < -0.3 is 10.6 Å². The molecule has 1 aliphatic heterocycles. The summed E-state index contributed by atoms with van der Waals surface area (Å²) in [5, 5.41) is 6.98. The number of piperidine rings is 1. The van der Waals surface area contributed by atoms with Crippen LogP contribution in [-0.4, -0.2) is 40.1 Å². The summed E-state index contributed by atoms with van der Waals surface area (Å²) in [6.07, 6.45) is 4.25. The van der Waals surface area contributed by atoms with Gasteiger partial charge in [-0.2, -0.15) is 5.10 Å². The number of nitrogens with one attached hydrogen (secondary N) is 1. The van der Waals surface area contributed by atoms with Crippen molar-refractivity contribution in [2.45, 2.75) is 38.1 Å². The average Bonchev–Trinajstić information content (AvgIpc) is 2.82. The van der Waals surface area contributed by atoms with Crippen LogP contribution in [0.5, 0.6) is 0 Å². The van der Waals surface area contributed by atoms with Gasteiger partial charge in [0.05, 0.1) is 0 Å². The Kier molecular flexibility index (Phi) is 8.06. The Bertz CT molecular complexity index is 362. The van der Waals surface area contributed by atoms with E-state index in [1.165, 1.54) is 5.69 Å². The quantitative estimate of drug-likeness (QED) is 0.892. The smallest absolute Gasteiger partial charge is 0.224 e. The first kappa shape index (κ1) is 18.2. The molecule has 7 heteroatoms. The minimum absolute atomic E-state index is 0. The zero-order valence-corrected chi connectivity index (χ0v) is 12.7. The molecule has 1 aromatic heterocycles. The highest BCUT2D eigenvalue weighted by atomic mass is 35.5. The average molecular weight is 309 g/mol. The van der Waals surface area contributed by atoms with E-state index >= 15 is 0 Å². The summed E-state index contributed by atoms with van der Waals surface area (Å²) in [4.78, 5) is 13.8. The van der Waals surface area contributed by atoms with Crippen LogP contribution in [-0.2, 0) is 4.79 Å². The van der Waals surface area contributed by atoms with Gasteiger partial charge in [-0.3, -0.25) is 9.89 Å². The highest BCUT2D eigenvalue weighted by molar-refractivity contribution is 5.85. The lowest BCUT2D eigenvalue weighted by atomic mass is 9.93. The van der Waals surface area contributed by atoms with Crippen molar-refractivity contribution in [1.82, 2.24) is 15.1 Å². The molecule has 110 valence electrons. The van der Waals surface area contributed by atoms with Gasteiger partial charge in [-0.05, 0) is 25.8 Å². The molecule has 1 aromatic rings. The molecule has 5 nitrogen and oxygen atoms in total. The summed E-state index contributed by atoms with van der Waals surface area (Å²) >= 11 is 0. The molecule has 19 heavy (non-hydrogen) atoms. The Morgan fingerprint density at radius 1 is 1.53 bits per heavy atom. The van der Waals surface area contributed by atoms with Gasteiger partial charge in [-0.1, -0.05) is 0 Å². The SMILES string of the molecule is CC(N)CC(=O)N1CCC(c2ccn[nH]2)CC1.Cl.Cl. The first-order valence-electron chi connectivity index (χ1n) is 6.19. The molecule has 3 N–H and O–H groups in total. The second-order valence-electron chi connectivity index (χ2n) is 4.85. The van der Waals surface area contributed by atoms with Crippen molar-refractivity contribution in [3.05, 3.63) is 18.0 Å². The zero-order valence-electron chi connectivity index (χ0n) is 11.0. The first-order chi connectivity index (χ1) is 8.16. The summed E-state index contributed by atoms with van der Waals surface area (Å²) in [6, 6.07) is 1.97. The van der Waals surface area contributed by atoms with E-state index in [1.54, 1.807) is 6.20 Å². The van der Waals surface area contributed by atoms with Gasteiger partial charge in [0.25, 0.3) is 0 Å². The first-order valence-corrected chi connectivity index (χ1v) is 6.19. The highest BCUT2D eigenvalue weighted by Gasteiger charge is 2.24. The lowest BCUT2D eigenvalue weighted by Gasteiger charge is -2.32. The van der Waals surface area contributed by atoms with Crippen LogP contribution in [0, 0.1) is 0 Å². The summed E-state index contributed by atoms with van der Waals surface area (Å²) in [7, 11) is 0. The Morgan fingerprint density at radius 2 is 2.16 bits per heavy atom. The third-order valence-corrected chi connectivity index (χ3v) is 3.31. The number of aromatic nitrogens is 2. The van der Waals surface area contributed by atoms with E-state index < -0.39 is 0 Å². The van der Waals surface area contributed by atoms with Gasteiger partial charge in [0.15, 0.2) is 0 Å². The maximum absolute atomic E-state index is 11.8. The van der Waals surface area contributed by atoms with Crippen molar-refractivity contribution >= 4 is 30.7 Å². The van der Waals surface area contributed by atoms with E-state index in [0.29, 0.717) is 12.3 Å². The molecule has 1 saturated heterocycles. The molecule has 1 amide bonds. The summed E-state index contributed by atoms with van der Waals surface area (Å²) in [5.74, 6) is 0.694. The lowest BCUT2D eigenvalue weighted by Crippen LogP contribution is -2.40. The molecule has 0 saturated carbocycles.